The van der Waals surface area contributed by atoms with Crippen LogP contribution in [0.2, 0.25) is 0 Å². The zero-order valence-electron chi connectivity index (χ0n) is 20.4. The number of hydrogen-bond donors (Lipinski definition) is 0. The Morgan fingerprint density at radius 1 is 0.750 bits per heavy atom. The molecule has 0 spiro atoms. The number of nitrogens with zero attached hydrogens (tertiary/aromatic N) is 4. The van der Waals surface area contributed by atoms with Crippen LogP contribution in [-0.2, 0) is 21.1 Å². The Bertz CT molecular complexity index is 2040. The maximum atomic E-state index is 6.48. The van der Waals surface area contributed by atoms with Gasteiger partial charge in [-0.15, -0.1) is 0 Å². The Kier molecular flexibility index (Phi) is 4.42. The number of hydrogen-bond acceptors (Lipinski definition) is 2. The molecule has 7 rings (SSSR count). The van der Waals surface area contributed by atoms with Gasteiger partial charge in [0.25, 0.3) is 0 Å². The molecule has 4 aromatic heterocycles. The van der Waals surface area contributed by atoms with Crippen molar-refractivity contribution in [2.45, 2.75) is 0 Å². The average Bonchev–Trinajstić information content (AvgIpc) is 3.42. The molecule has 0 aliphatic rings. The third kappa shape index (κ3) is 2.89. The lowest BCUT2D eigenvalue weighted by Crippen LogP contribution is -2.29. The van der Waals surface area contributed by atoms with Crippen molar-refractivity contribution in [1.29, 1.82) is 0 Å². The molecule has 5 heteroatoms. The lowest BCUT2D eigenvalue weighted by Gasteiger charge is -2.12. The summed E-state index contributed by atoms with van der Waals surface area (Å²) in [4.78, 5) is 4.97. The minimum Gasteiger partial charge on any atom is -0.455 e. The quantitative estimate of drug-likeness (QED) is 0.274. The van der Waals surface area contributed by atoms with Crippen LogP contribution in [0.4, 0.5) is 5.82 Å². The van der Waals surface area contributed by atoms with Gasteiger partial charge in [0.1, 0.15) is 11.2 Å². The van der Waals surface area contributed by atoms with Gasteiger partial charge in [-0.1, -0.05) is 48.5 Å². The Labute approximate surface area is 207 Å². The largest absolute Gasteiger partial charge is 0.455 e. The molecule has 0 aliphatic heterocycles. The summed E-state index contributed by atoms with van der Waals surface area (Å²) >= 11 is 0. The SMILES string of the molecule is Cn1c(-c2cc3c4ccccc4oc3c3c4ccccc4n(C)c23)ccc/c1=N/c1cccc[n+]1C. The highest BCUT2D eigenvalue weighted by Crippen LogP contribution is 2.43. The normalized spacial score (nSPS) is 12.5. The molecule has 0 N–H and O–H groups in total. The van der Waals surface area contributed by atoms with Crippen molar-refractivity contribution < 1.29 is 8.98 Å². The van der Waals surface area contributed by atoms with Crippen LogP contribution in [0.25, 0.3) is 55.0 Å². The first-order chi connectivity index (χ1) is 17.6. The van der Waals surface area contributed by atoms with Gasteiger partial charge in [0.15, 0.2) is 0 Å². The number of furan rings is 1. The third-order valence-electron chi connectivity index (χ3n) is 7.25. The molecule has 3 aromatic carbocycles. The first kappa shape index (κ1) is 20.7. The van der Waals surface area contributed by atoms with Crippen LogP contribution < -0.4 is 10.1 Å². The number of fused-ring (bicyclic) bond motifs is 7. The Morgan fingerprint density at radius 2 is 1.53 bits per heavy atom. The zero-order valence-corrected chi connectivity index (χ0v) is 20.4. The van der Waals surface area contributed by atoms with Crippen LogP contribution in [-0.4, -0.2) is 9.13 Å². The van der Waals surface area contributed by atoms with Crippen LogP contribution in [0.1, 0.15) is 0 Å². The van der Waals surface area contributed by atoms with Crippen molar-refractivity contribution in [2.24, 2.45) is 26.1 Å². The Balaban J connectivity index is 1.64. The van der Waals surface area contributed by atoms with Gasteiger partial charge in [0, 0.05) is 53.5 Å². The van der Waals surface area contributed by atoms with E-state index >= 15 is 0 Å². The topological polar surface area (TPSA) is 39.2 Å². The van der Waals surface area contributed by atoms with E-state index in [0.29, 0.717) is 0 Å². The standard InChI is InChI=1S/C31H25N4O/c1-33-18-9-8-16-27(33)32-28-17-10-14-25(34(28)2)23-19-22-20-11-5-7-15-26(20)36-31(22)29-21-12-4-6-13-24(21)35(3)30(23)29/h4-19H,1-3H3/q+1. The van der Waals surface area contributed by atoms with E-state index < -0.39 is 0 Å². The molecule has 7 aromatic rings. The Morgan fingerprint density at radius 3 is 2.39 bits per heavy atom. The van der Waals surface area contributed by atoms with Crippen molar-refractivity contribution in [3.05, 3.63) is 103 Å². The van der Waals surface area contributed by atoms with Crippen LogP contribution in [0.5, 0.6) is 0 Å². The summed E-state index contributed by atoms with van der Waals surface area (Å²) in [6.07, 6.45) is 2.01. The van der Waals surface area contributed by atoms with E-state index in [-0.39, 0.29) is 0 Å². The highest BCUT2D eigenvalue weighted by atomic mass is 16.3. The van der Waals surface area contributed by atoms with Crippen molar-refractivity contribution in [3.63, 3.8) is 0 Å². The number of rotatable bonds is 2. The molecule has 0 aliphatic carbocycles. The van der Waals surface area contributed by atoms with Gasteiger partial charge in [-0.3, -0.25) is 0 Å². The minimum absolute atomic E-state index is 0.887. The fourth-order valence-electron chi connectivity index (χ4n) is 5.44. The molecule has 0 atom stereocenters. The third-order valence-corrected chi connectivity index (χ3v) is 7.25. The fourth-order valence-corrected chi connectivity index (χ4v) is 5.44. The maximum absolute atomic E-state index is 6.48. The Hall–Kier alpha value is -4.64. The van der Waals surface area contributed by atoms with E-state index in [2.05, 4.69) is 83.9 Å². The number of benzene rings is 3. The summed E-state index contributed by atoms with van der Waals surface area (Å²) in [7, 11) is 6.24. The second-order valence-corrected chi connectivity index (χ2v) is 9.31. The lowest BCUT2D eigenvalue weighted by atomic mass is 10.0. The van der Waals surface area contributed by atoms with Gasteiger partial charge in [-0.05, 0) is 35.3 Å². The van der Waals surface area contributed by atoms with E-state index in [1.807, 2.05) is 48.1 Å². The smallest absolute Gasteiger partial charge is 0.325 e. The lowest BCUT2D eigenvalue weighted by molar-refractivity contribution is -0.658. The second kappa shape index (κ2) is 7.68. The molecule has 0 unspecified atom stereocenters. The van der Waals surface area contributed by atoms with Crippen LogP contribution >= 0.6 is 0 Å². The second-order valence-electron chi connectivity index (χ2n) is 9.31. The highest BCUT2D eigenvalue weighted by Gasteiger charge is 2.21. The molecular formula is C31H25N4O+. The summed E-state index contributed by atoms with van der Waals surface area (Å²) in [5.74, 6) is 0.899. The molecule has 4 heterocycles. The summed E-state index contributed by atoms with van der Waals surface area (Å²) in [5.41, 5.74) is 7.31. The monoisotopic (exact) mass is 469 g/mol. The first-order valence-electron chi connectivity index (χ1n) is 12.1. The van der Waals surface area contributed by atoms with Crippen LogP contribution in [0, 0.1) is 0 Å². The van der Waals surface area contributed by atoms with Gasteiger partial charge in [-0.25, -0.2) is 4.57 Å². The summed E-state index contributed by atoms with van der Waals surface area (Å²) in [6.45, 7) is 0. The van der Waals surface area contributed by atoms with Crippen molar-refractivity contribution >= 4 is 49.6 Å². The van der Waals surface area contributed by atoms with Crippen molar-refractivity contribution in [1.82, 2.24) is 9.13 Å². The molecule has 0 saturated heterocycles. The molecule has 36 heavy (non-hydrogen) atoms. The van der Waals surface area contributed by atoms with Gasteiger partial charge in [-0.2, -0.15) is 0 Å². The molecule has 0 fully saturated rings. The highest BCUT2D eigenvalue weighted by molar-refractivity contribution is 6.26. The predicted octanol–water partition coefficient (Wildman–Crippen LogP) is 6.29. The van der Waals surface area contributed by atoms with Gasteiger partial charge >= 0.3 is 5.82 Å². The maximum Gasteiger partial charge on any atom is 0.325 e. The number of aryl methyl sites for hydroxylation is 2. The molecule has 5 nitrogen and oxygen atoms in total. The molecular weight excluding hydrogens is 444 g/mol. The van der Waals surface area contributed by atoms with Gasteiger partial charge in [0.05, 0.1) is 29.8 Å². The number of aromatic nitrogens is 3. The fraction of sp³-hybridized carbons (Fsp3) is 0.0968. The molecule has 0 bridgehead atoms. The molecule has 174 valence electrons. The summed E-state index contributed by atoms with van der Waals surface area (Å²) < 4.78 is 13.0. The van der Waals surface area contributed by atoms with Gasteiger partial charge < -0.3 is 13.6 Å². The molecule has 0 radical (unpaired) electrons. The van der Waals surface area contributed by atoms with Crippen molar-refractivity contribution in [2.75, 3.05) is 0 Å². The van der Waals surface area contributed by atoms with E-state index in [0.717, 1.165) is 55.4 Å². The van der Waals surface area contributed by atoms with Crippen LogP contribution in [0.3, 0.4) is 0 Å². The summed E-state index contributed by atoms with van der Waals surface area (Å²) in [5, 5.41) is 4.60. The predicted molar refractivity (Wildman–Crippen MR) is 145 cm³/mol. The van der Waals surface area contributed by atoms with Crippen molar-refractivity contribution in [3.8, 4) is 11.3 Å². The summed E-state index contributed by atoms with van der Waals surface area (Å²) in [6, 6.07) is 31.5. The molecule has 0 amide bonds. The van der Waals surface area contributed by atoms with E-state index in [1.165, 1.54) is 10.9 Å². The number of para-hydroxylation sites is 2. The minimum atomic E-state index is 0.887. The molecule has 0 saturated carbocycles. The zero-order chi connectivity index (χ0) is 24.4. The van der Waals surface area contributed by atoms with E-state index in [9.17, 15) is 0 Å². The van der Waals surface area contributed by atoms with Gasteiger partial charge in [0.2, 0.25) is 5.49 Å². The van der Waals surface area contributed by atoms with E-state index in [1.54, 1.807) is 0 Å². The number of pyridine rings is 2. The van der Waals surface area contributed by atoms with Crippen LogP contribution in [0.15, 0.2) is 107 Å². The first-order valence-corrected chi connectivity index (χ1v) is 12.1. The van der Waals surface area contributed by atoms with E-state index in [4.69, 9.17) is 9.41 Å². The average molecular weight is 470 g/mol.